The first-order valence-electron chi connectivity index (χ1n) is 3.44. The fourth-order valence-electron chi connectivity index (χ4n) is 0.700. The Bertz CT molecular complexity index is 104. The molecule has 0 aromatic heterocycles. The van der Waals surface area contributed by atoms with Crippen LogP contribution < -0.4 is 0 Å². The van der Waals surface area contributed by atoms with Crippen molar-refractivity contribution in [2.45, 2.75) is 26.2 Å². The molecule has 0 saturated carbocycles. The Kier molecular flexibility index (Phi) is 6.06. The minimum atomic E-state index is -0.680. The summed E-state index contributed by atoms with van der Waals surface area (Å²) in [4.78, 5) is 10.1. The lowest BCUT2D eigenvalue weighted by Crippen LogP contribution is -2.01. The van der Waals surface area contributed by atoms with Gasteiger partial charge < -0.3 is 5.11 Å². The number of carbonyl (C=O) groups is 1. The first-order chi connectivity index (χ1) is 4.66. The Morgan fingerprint density at radius 1 is 1.60 bits per heavy atom. The number of hydrogen-bond acceptors (Lipinski definition) is 1. The van der Waals surface area contributed by atoms with E-state index in [0.717, 1.165) is 17.3 Å². The summed E-state index contributed by atoms with van der Waals surface area (Å²) in [6.45, 7) is 2.10. The second-order valence-corrected chi connectivity index (χ2v) is 3.59. The van der Waals surface area contributed by atoms with Crippen molar-refractivity contribution in [3.05, 3.63) is 0 Å². The summed E-state index contributed by atoms with van der Waals surface area (Å²) >= 11 is 2.31. The van der Waals surface area contributed by atoms with Gasteiger partial charge in [0.05, 0.1) is 0 Å². The molecule has 1 unspecified atom stereocenters. The van der Waals surface area contributed by atoms with Crippen LogP contribution >= 0.6 is 22.6 Å². The topological polar surface area (TPSA) is 37.3 Å². The fourth-order valence-corrected chi connectivity index (χ4v) is 1.76. The van der Waals surface area contributed by atoms with Gasteiger partial charge in [-0.3, -0.25) is 4.79 Å². The van der Waals surface area contributed by atoms with Gasteiger partial charge in [0.2, 0.25) is 0 Å². The second-order valence-electron chi connectivity index (χ2n) is 2.52. The van der Waals surface area contributed by atoms with Gasteiger partial charge in [-0.1, -0.05) is 29.5 Å². The molecule has 0 saturated heterocycles. The van der Waals surface area contributed by atoms with E-state index in [0.29, 0.717) is 12.3 Å². The number of halogens is 1. The number of aliphatic carboxylic acids is 1. The number of hydrogen-bond donors (Lipinski definition) is 1. The van der Waals surface area contributed by atoms with Crippen molar-refractivity contribution in [2.75, 3.05) is 4.43 Å². The van der Waals surface area contributed by atoms with Crippen molar-refractivity contribution in [3.8, 4) is 0 Å². The highest BCUT2D eigenvalue weighted by molar-refractivity contribution is 14.1. The number of rotatable bonds is 5. The summed E-state index contributed by atoms with van der Waals surface area (Å²) < 4.78 is 1.12. The third kappa shape index (κ3) is 6.32. The number of alkyl halides is 1. The molecule has 0 spiro atoms. The Balaban J connectivity index is 3.21. The zero-order valence-corrected chi connectivity index (χ0v) is 8.30. The van der Waals surface area contributed by atoms with Crippen LogP contribution in [0.4, 0.5) is 0 Å². The molecule has 0 rings (SSSR count). The van der Waals surface area contributed by atoms with E-state index in [-0.39, 0.29) is 0 Å². The van der Waals surface area contributed by atoms with Gasteiger partial charge in [-0.05, 0) is 23.2 Å². The number of carboxylic acid groups (broad SMARTS) is 1. The highest BCUT2D eigenvalue weighted by Crippen LogP contribution is 2.11. The van der Waals surface area contributed by atoms with E-state index in [4.69, 9.17) is 5.11 Å². The number of carboxylic acids is 1. The smallest absolute Gasteiger partial charge is 0.303 e. The molecular weight excluding hydrogens is 243 g/mol. The van der Waals surface area contributed by atoms with Gasteiger partial charge in [0.1, 0.15) is 0 Å². The maximum atomic E-state index is 10.1. The van der Waals surface area contributed by atoms with Gasteiger partial charge in [0.25, 0.3) is 0 Å². The van der Waals surface area contributed by atoms with Crippen LogP contribution in [0, 0.1) is 5.92 Å². The van der Waals surface area contributed by atoms with E-state index >= 15 is 0 Å². The van der Waals surface area contributed by atoms with Crippen LogP contribution in [0.2, 0.25) is 0 Å². The SMILES string of the molecule is CC(CCI)CCC(=O)O. The lowest BCUT2D eigenvalue weighted by molar-refractivity contribution is -0.137. The molecule has 0 bridgehead atoms. The van der Waals surface area contributed by atoms with E-state index in [9.17, 15) is 4.79 Å². The van der Waals surface area contributed by atoms with E-state index in [2.05, 4.69) is 29.5 Å². The van der Waals surface area contributed by atoms with Crippen molar-refractivity contribution in [2.24, 2.45) is 5.92 Å². The molecule has 0 radical (unpaired) electrons. The van der Waals surface area contributed by atoms with Crippen molar-refractivity contribution in [1.82, 2.24) is 0 Å². The fraction of sp³-hybridized carbons (Fsp3) is 0.857. The van der Waals surface area contributed by atoms with Gasteiger partial charge in [0.15, 0.2) is 0 Å². The molecule has 0 aliphatic heterocycles. The van der Waals surface area contributed by atoms with Crippen molar-refractivity contribution >= 4 is 28.6 Å². The first kappa shape index (κ1) is 10.2. The summed E-state index contributed by atoms with van der Waals surface area (Å²) in [6.07, 6.45) is 2.27. The Labute approximate surface area is 75.1 Å². The van der Waals surface area contributed by atoms with Crippen LogP contribution in [0.25, 0.3) is 0 Å². The van der Waals surface area contributed by atoms with Crippen LogP contribution in [0.5, 0.6) is 0 Å². The highest BCUT2D eigenvalue weighted by atomic mass is 127. The van der Waals surface area contributed by atoms with Crippen molar-refractivity contribution in [3.63, 3.8) is 0 Å². The van der Waals surface area contributed by atoms with Crippen LogP contribution in [0.3, 0.4) is 0 Å². The largest absolute Gasteiger partial charge is 0.481 e. The van der Waals surface area contributed by atoms with E-state index in [1.165, 1.54) is 0 Å². The Morgan fingerprint density at radius 2 is 2.20 bits per heavy atom. The molecule has 60 valence electrons. The first-order valence-corrected chi connectivity index (χ1v) is 4.97. The zero-order valence-electron chi connectivity index (χ0n) is 6.14. The molecule has 0 fully saturated rings. The second kappa shape index (κ2) is 5.95. The van der Waals surface area contributed by atoms with E-state index < -0.39 is 5.97 Å². The van der Waals surface area contributed by atoms with Gasteiger partial charge in [0, 0.05) is 6.42 Å². The molecule has 1 N–H and O–H groups in total. The van der Waals surface area contributed by atoms with Gasteiger partial charge in [-0.15, -0.1) is 0 Å². The summed E-state index contributed by atoms with van der Waals surface area (Å²) in [5.74, 6) is -0.117. The van der Waals surface area contributed by atoms with Crippen LogP contribution in [-0.2, 0) is 4.79 Å². The van der Waals surface area contributed by atoms with Gasteiger partial charge in [-0.2, -0.15) is 0 Å². The van der Waals surface area contributed by atoms with Crippen LogP contribution in [0.15, 0.2) is 0 Å². The predicted octanol–water partition coefficient (Wildman–Crippen LogP) is 2.31. The standard InChI is InChI=1S/C7H13IO2/c1-6(4-5-8)2-3-7(9)10/h6H,2-5H2,1H3,(H,9,10). The molecule has 0 amide bonds. The average Bonchev–Trinajstić information content (AvgIpc) is 1.85. The lowest BCUT2D eigenvalue weighted by Gasteiger charge is -2.05. The van der Waals surface area contributed by atoms with Crippen molar-refractivity contribution in [1.29, 1.82) is 0 Å². The average molecular weight is 256 g/mol. The molecule has 1 atom stereocenters. The molecular formula is C7H13IO2. The molecule has 2 nitrogen and oxygen atoms in total. The van der Waals surface area contributed by atoms with Crippen molar-refractivity contribution < 1.29 is 9.90 Å². The quantitative estimate of drug-likeness (QED) is 0.605. The molecule has 0 aromatic carbocycles. The summed E-state index contributed by atoms with van der Waals surface area (Å²) in [7, 11) is 0. The minimum absolute atomic E-state index is 0.317. The Hall–Kier alpha value is 0.200. The van der Waals surface area contributed by atoms with E-state index in [1.807, 2.05) is 0 Å². The molecule has 0 aliphatic carbocycles. The molecule has 0 aromatic rings. The zero-order chi connectivity index (χ0) is 7.98. The summed E-state index contributed by atoms with van der Waals surface area (Å²) in [5, 5.41) is 8.33. The van der Waals surface area contributed by atoms with Gasteiger partial charge in [-0.25, -0.2) is 0 Å². The van der Waals surface area contributed by atoms with Crippen LogP contribution in [-0.4, -0.2) is 15.5 Å². The normalized spacial score (nSPS) is 13.0. The summed E-state index contributed by atoms with van der Waals surface area (Å²) in [6, 6.07) is 0. The maximum absolute atomic E-state index is 10.1. The third-order valence-electron chi connectivity index (χ3n) is 1.45. The van der Waals surface area contributed by atoms with E-state index in [1.54, 1.807) is 0 Å². The highest BCUT2D eigenvalue weighted by Gasteiger charge is 2.03. The minimum Gasteiger partial charge on any atom is -0.481 e. The molecule has 0 aliphatic rings. The van der Waals surface area contributed by atoms with Gasteiger partial charge >= 0.3 is 5.97 Å². The molecule has 10 heavy (non-hydrogen) atoms. The lowest BCUT2D eigenvalue weighted by atomic mass is 10.0. The maximum Gasteiger partial charge on any atom is 0.303 e. The monoisotopic (exact) mass is 256 g/mol. The third-order valence-corrected chi connectivity index (χ3v) is 2.08. The molecule has 3 heteroatoms. The Morgan fingerprint density at radius 3 is 2.60 bits per heavy atom. The predicted molar refractivity (Wildman–Crippen MR) is 49.5 cm³/mol. The molecule has 0 heterocycles. The van der Waals surface area contributed by atoms with Crippen LogP contribution in [0.1, 0.15) is 26.2 Å². The summed E-state index contributed by atoms with van der Waals surface area (Å²) in [5.41, 5.74) is 0.